The summed E-state index contributed by atoms with van der Waals surface area (Å²) in [5, 5.41) is -0.0502. The second kappa shape index (κ2) is 4.67. The highest BCUT2D eigenvalue weighted by atomic mass is 35.5. The van der Waals surface area contributed by atoms with Crippen LogP contribution < -0.4 is 4.74 Å². The highest BCUT2D eigenvalue weighted by molar-refractivity contribution is 6.28. The smallest absolute Gasteiger partial charge is 0.260 e. The van der Waals surface area contributed by atoms with Gasteiger partial charge in [0, 0.05) is 0 Å². The van der Waals surface area contributed by atoms with Gasteiger partial charge >= 0.3 is 0 Å². The molecule has 0 radical (unpaired) electrons. The van der Waals surface area contributed by atoms with Crippen LogP contribution in [0.5, 0.6) is 11.6 Å². The molecule has 0 spiro atoms. The first-order valence-corrected chi connectivity index (χ1v) is 5.36. The topological polar surface area (TPSA) is 35.0 Å². The molecule has 2 rings (SSSR count). The minimum atomic E-state index is -0.645. The predicted octanol–water partition coefficient (Wildman–Crippen LogP) is 3.68. The second-order valence-electron chi connectivity index (χ2n) is 3.72. The molecule has 1 aromatic carbocycles. The summed E-state index contributed by atoms with van der Waals surface area (Å²) in [5.74, 6) is -0.292. The number of aryl methyl sites for hydroxylation is 2. The van der Waals surface area contributed by atoms with E-state index in [1.54, 1.807) is 12.1 Å². The predicted molar refractivity (Wildman–Crippen MR) is 63.0 cm³/mol. The molecule has 0 N–H and O–H groups in total. The molecular formula is C12H10ClFN2O. The molecule has 0 amide bonds. The first kappa shape index (κ1) is 11.8. The van der Waals surface area contributed by atoms with Crippen molar-refractivity contribution >= 4 is 11.6 Å². The lowest BCUT2D eigenvalue weighted by molar-refractivity contribution is 0.419. The maximum absolute atomic E-state index is 13.3. The zero-order valence-corrected chi connectivity index (χ0v) is 10.1. The fourth-order valence-corrected chi connectivity index (χ4v) is 1.63. The summed E-state index contributed by atoms with van der Waals surface area (Å²) in [5.41, 5.74) is 2.06. The number of aromatic nitrogens is 2. The molecule has 0 aliphatic heterocycles. The molecule has 0 atom stereocenters. The molecule has 1 heterocycles. The Morgan fingerprint density at radius 3 is 2.47 bits per heavy atom. The molecule has 0 aliphatic carbocycles. The van der Waals surface area contributed by atoms with Gasteiger partial charge in [0.15, 0.2) is 0 Å². The van der Waals surface area contributed by atoms with Crippen molar-refractivity contribution in [2.75, 3.05) is 0 Å². The monoisotopic (exact) mass is 252 g/mol. The van der Waals surface area contributed by atoms with Crippen LogP contribution in [0.4, 0.5) is 4.39 Å². The van der Waals surface area contributed by atoms with Crippen molar-refractivity contribution in [1.29, 1.82) is 0 Å². The first-order valence-electron chi connectivity index (χ1n) is 4.99. The molecule has 88 valence electrons. The molecule has 2 aromatic rings. The molecule has 0 unspecified atom stereocenters. The van der Waals surface area contributed by atoms with Crippen LogP contribution in [0.2, 0.25) is 5.28 Å². The van der Waals surface area contributed by atoms with Crippen molar-refractivity contribution in [1.82, 2.24) is 9.97 Å². The molecule has 0 fully saturated rings. The summed E-state index contributed by atoms with van der Waals surface area (Å²) in [6.45, 7) is 3.87. The molecule has 0 bridgehead atoms. The van der Waals surface area contributed by atoms with Crippen LogP contribution in [-0.2, 0) is 0 Å². The highest BCUT2D eigenvalue weighted by Gasteiger charge is 2.08. The average molecular weight is 253 g/mol. The van der Waals surface area contributed by atoms with E-state index in [1.807, 2.05) is 19.9 Å². The average Bonchev–Trinajstić information content (AvgIpc) is 2.22. The van der Waals surface area contributed by atoms with E-state index in [1.165, 1.54) is 0 Å². The Balaban J connectivity index is 2.34. The van der Waals surface area contributed by atoms with Crippen LogP contribution in [0.15, 0.2) is 24.4 Å². The van der Waals surface area contributed by atoms with Crippen LogP contribution >= 0.6 is 11.6 Å². The Morgan fingerprint density at radius 1 is 1.18 bits per heavy atom. The van der Waals surface area contributed by atoms with Gasteiger partial charge in [-0.3, -0.25) is 0 Å². The van der Waals surface area contributed by atoms with E-state index in [9.17, 15) is 4.39 Å². The SMILES string of the molecule is Cc1cc(C)cc(Oc2nc(Cl)ncc2F)c1. The van der Waals surface area contributed by atoms with Crippen molar-refractivity contribution in [2.45, 2.75) is 13.8 Å². The summed E-state index contributed by atoms with van der Waals surface area (Å²) in [7, 11) is 0. The van der Waals surface area contributed by atoms with Crippen LogP contribution in [-0.4, -0.2) is 9.97 Å². The van der Waals surface area contributed by atoms with E-state index in [2.05, 4.69) is 9.97 Å². The quantitative estimate of drug-likeness (QED) is 0.765. The Morgan fingerprint density at radius 2 is 1.82 bits per heavy atom. The summed E-state index contributed by atoms with van der Waals surface area (Å²) in [4.78, 5) is 7.20. The summed E-state index contributed by atoms with van der Waals surface area (Å²) in [6.07, 6.45) is 0.979. The van der Waals surface area contributed by atoms with Gasteiger partial charge in [0.25, 0.3) is 5.88 Å². The first-order chi connectivity index (χ1) is 8.04. The van der Waals surface area contributed by atoms with Crippen molar-refractivity contribution in [3.63, 3.8) is 0 Å². The van der Waals surface area contributed by atoms with Gasteiger partial charge in [-0.05, 0) is 48.7 Å². The number of halogens is 2. The zero-order chi connectivity index (χ0) is 12.4. The third-order valence-corrected chi connectivity index (χ3v) is 2.27. The third-order valence-electron chi connectivity index (χ3n) is 2.09. The third kappa shape index (κ3) is 2.91. The Hall–Kier alpha value is -1.68. The number of nitrogens with zero attached hydrogens (tertiary/aromatic N) is 2. The van der Waals surface area contributed by atoms with Crippen molar-refractivity contribution in [3.05, 3.63) is 46.6 Å². The van der Waals surface area contributed by atoms with Gasteiger partial charge in [-0.15, -0.1) is 0 Å². The summed E-state index contributed by atoms with van der Waals surface area (Å²) >= 11 is 5.58. The van der Waals surface area contributed by atoms with Crippen LogP contribution in [0.1, 0.15) is 11.1 Å². The van der Waals surface area contributed by atoms with E-state index >= 15 is 0 Å². The Kier molecular flexibility index (Phi) is 3.24. The molecule has 5 heteroatoms. The Bertz CT molecular complexity index is 540. The number of benzene rings is 1. The molecule has 0 saturated carbocycles. The fraction of sp³-hybridized carbons (Fsp3) is 0.167. The van der Waals surface area contributed by atoms with E-state index in [0.717, 1.165) is 17.3 Å². The normalized spacial score (nSPS) is 10.4. The van der Waals surface area contributed by atoms with Crippen molar-refractivity contribution < 1.29 is 9.13 Å². The minimum Gasteiger partial charge on any atom is -0.436 e. The van der Waals surface area contributed by atoms with Crippen molar-refractivity contribution in [3.8, 4) is 11.6 Å². The highest BCUT2D eigenvalue weighted by Crippen LogP contribution is 2.24. The number of hydrogen-bond acceptors (Lipinski definition) is 3. The van der Waals surface area contributed by atoms with Gasteiger partial charge in [0.1, 0.15) is 5.75 Å². The second-order valence-corrected chi connectivity index (χ2v) is 4.06. The minimum absolute atomic E-state index is 0.0502. The maximum atomic E-state index is 13.3. The standard InChI is InChI=1S/C12H10ClFN2O/c1-7-3-8(2)5-9(4-7)17-11-10(14)6-15-12(13)16-11/h3-6H,1-2H3. The summed E-state index contributed by atoms with van der Waals surface area (Å²) in [6, 6.07) is 5.58. The van der Waals surface area contributed by atoms with Gasteiger partial charge in [0.2, 0.25) is 11.1 Å². The van der Waals surface area contributed by atoms with Gasteiger partial charge < -0.3 is 4.74 Å². The molecule has 17 heavy (non-hydrogen) atoms. The summed E-state index contributed by atoms with van der Waals surface area (Å²) < 4.78 is 18.7. The van der Waals surface area contributed by atoms with E-state index in [-0.39, 0.29) is 11.2 Å². The molecule has 0 saturated heterocycles. The van der Waals surface area contributed by atoms with E-state index in [0.29, 0.717) is 5.75 Å². The van der Waals surface area contributed by atoms with Gasteiger partial charge in [0.05, 0.1) is 6.20 Å². The Labute approximate surface area is 103 Å². The largest absolute Gasteiger partial charge is 0.436 e. The zero-order valence-electron chi connectivity index (χ0n) is 9.37. The van der Waals surface area contributed by atoms with Gasteiger partial charge in [-0.2, -0.15) is 9.37 Å². The van der Waals surface area contributed by atoms with Gasteiger partial charge in [-0.25, -0.2) is 4.98 Å². The van der Waals surface area contributed by atoms with E-state index in [4.69, 9.17) is 16.3 Å². The lowest BCUT2D eigenvalue weighted by Gasteiger charge is -2.07. The lowest BCUT2D eigenvalue weighted by Crippen LogP contribution is -1.95. The maximum Gasteiger partial charge on any atom is 0.260 e. The van der Waals surface area contributed by atoms with Crippen molar-refractivity contribution in [2.24, 2.45) is 0 Å². The number of ether oxygens (including phenoxy) is 1. The van der Waals surface area contributed by atoms with Crippen LogP contribution in [0, 0.1) is 19.7 Å². The van der Waals surface area contributed by atoms with E-state index < -0.39 is 5.82 Å². The molecule has 1 aromatic heterocycles. The van der Waals surface area contributed by atoms with Gasteiger partial charge in [-0.1, -0.05) is 6.07 Å². The number of rotatable bonds is 2. The lowest BCUT2D eigenvalue weighted by atomic mass is 10.1. The van der Waals surface area contributed by atoms with Crippen LogP contribution in [0.3, 0.4) is 0 Å². The van der Waals surface area contributed by atoms with Crippen LogP contribution in [0.25, 0.3) is 0 Å². The molecular weight excluding hydrogens is 243 g/mol. The molecule has 3 nitrogen and oxygen atoms in total. The molecule has 0 aliphatic rings. The number of hydrogen-bond donors (Lipinski definition) is 0. The fourth-order valence-electron chi connectivity index (χ4n) is 1.51.